The Bertz CT molecular complexity index is 2630. The van der Waals surface area contributed by atoms with E-state index in [-0.39, 0.29) is 39.0 Å². The van der Waals surface area contributed by atoms with Crippen molar-refractivity contribution in [1.82, 2.24) is 34.2 Å². The van der Waals surface area contributed by atoms with E-state index in [1.807, 2.05) is 50.8 Å². The molecule has 24 heteroatoms. The van der Waals surface area contributed by atoms with E-state index in [0.29, 0.717) is 79.1 Å². The number of piperazine rings is 1. The first-order valence-electron chi connectivity index (χ1n) is 21.2. The van der Waals surface area contributed by atoms with Crippen LogP contribution >= 0.6 is 23.2 Å². The number of ether oxygens (including phenoxy) is 1. The summed E-state index contributed by atoms with van der Waals surface area (Å²) in [5, 5.41) is 8.17. The Kier molecular flexibility index (Phi) is 15.7. The number of carboxylic acids is 1. The highest BCUT2D eigenvalue weighted by Gasteiger charge is 2.44. The summed E-state index contributed by atoms with van der Waals surface area (Å²) in [4.78, 5) is 65.0. The minimum absolute atomic E-state index is 0.00546. The summed E-state index contributed by atoms with van der Waals surface area (Å²) < 4.78 is 67.4. The molecule has 5 aliphatic rings. The van der Waals surface area contributed by atoms with Crippen LogP contribution in [-0.4, -0.2) is 163 Å². The molecular formula is C43H51Cl2F3N10O8S. The smallest absolute Gasteiger partial charge is 0.487 e. The number of hydrogen-bond acceptors (Lipinski definition) is 13. The Hall–Kier alpha value is -5.68. The number of nitrogens with zero attached hydrogens (tertiary/aromatic N) is 7. The van der Waals surface area contributed by atoms with Crippen molar-refractivity contribution in [3.8, 4) is 5.75 Å². The maximum Gasteiger partial charge on any atom is 0.490 e. The van der Waals surface area contributed by atoms with E-state index in [9.17, 15) is 36.0 Å². The second kappa shape index (κ2) is 20.7. The zero-order valence-corrected chi connectivity index (χ0v) is 39.2. The average Bonchev–Trinajstić information content (AvgIpc) is 4.10. The molecule has 0 radical (unpaired) electrons. The summed E-state index contributed by atoms with van der Waals surface area (Å²) in [5.74, 6) is -2.17. The molecule has 67 heavy (non-hydrogen) atoms. The van der Waals surface area contributed by atoms with E-state index in [0.717, 1.165) is 56.8 Å². The lowest BCUT2D eigenvalue weighted by Gasteiger charge is -2.39. The molecule has 5 heterocycles. The number of amides is 1. The fraction of sp³-hybridized carbons (Fsp3) is 0.442. The first-order chi connectivity index (χ1) is 31.5. The normalized spacial score (nSPS) is 17.4. The van der Waals surface area contributed by atoms with E-state index in [2.05, 4.69) is 14.7 Å². The van der Waals surface area contributed by atoms with Gasteiger partial charge < -0.3 is 45.8 Å². The molecule has 362 valence electrons. The molecule has 1 amide bonds. The van der Waals surface area contributed by atoms with Gasteiger partial charge in [0, 0.05) is 99.7 Å². The molecule has 4 fully saturated rings. The molecule has 0 saturated carbocycles. The van der Waals surface area contributed by atoms with E-state index in [1.54, 1.807) is 11.0 Å². The lowest BCUT2D eigenvalue weighted by molar-refractivity contribution is -0.192. The summed E-state index contributed by atoms with van der Waals surface area (Å²) in [5.41, 5.74) is 13.8. The number of rotatable bonds is 13. The van der Waals surface area contributed by atoms with Crippen molar-refractivity contribution in [3.05, 3.63) is 86.9 Å². The number of sulfonamides is 1. The van der Waals surface area contributed by atoms with Gasteiger partial charge in [-0.15, -0.1) is 0 Å². The van der Waals surface area contributed by atoms with Gasteiger partial charge in [-0.05, 0) is 58.0 Å². The van der Waals surface area contributed by atoms with Crippen molar-refractivity contribution in [3.63, 3.8) is 0 Å². The monoisotopic (exact) mass is 994 g/mol. The summed E-state index contributed by atoms with van der Waals surface area (Å²) in [7, 11) is -4.25. The van der Waals surface area contributed by atoms with Gasteiger partial charge in [-0.3, -0.25) is 19.4 Å². The second-order valence-corrected chi connectivity index (χ2v) is 18.9. The third-order valence-electron chi connectivity index (χ3n) is 10.8. The number of ketones is 2. The van der Waals surface area contributed by atoms with Crippen LogP contribution < -0.4 is 20.9 Å². The van der Waals surface area contributed by atoms with Gasteiger partial charge in [0.05, 0.1) is 10.7 Å². The molecule has 6 N–H and O–H groups in total. The molecule has 0 bridgehead atoms. The number of para-hydroxylation sites is 1. The highest BCUT2D eigenvalue weighted by atomic mass is 35.5. The Morgan fingerprint density at radius 2 is 1.49 bits per heavy atom. The van der Waals surface area contributed by atoms with Crippen LogP contribution in [0.1, 0.15) is 31.5 Å². The van der Waals surface area contributed by atoms with Gasteiger partial charge >= 0.3 is 12.1 Å². The summed E-state index contributed by atoms with van der Waals surface area (Å²) >= 11 is 13.1. The minimum atomic E-state index is -5.08. The first-order valence-corrected chi connectivity index (χ1v) is 23.4. The van der Waals surface area contributed by atoms with Crippen LogP contribution in [-0.2, 0) is 35.8 Å². The number of carboxylic acid groups (broad SMARTS) is 1. The Morgan fingerprint density at radius 3 is 2.07 bits per heavy atom. The van der Waals surface area contributed by atoms with Gasteiger partial charge in [0.25, 0.3) is 0 Å². The molecule has 3 aromatic rings. The van der Waals surface area contributed by atoms with Gasteiger partial charge in [-0.1, -0.05) is 41.4 Å². The fourth-order valence-corrected chi connectivity index (χ4v) is 9.29. The van der Waals surface area contributed by atoms with E-state index >= 15 is 0 Å². The number of carbonyl (C=O) groups is 4. The number of carbonyl (C=O) groups excluding carboxylic acids is 3. The van der Waals surface area contributed by atoms with Crippen molar-refractivity contribution in [2.45, 2.75) is 50.4 Å². The van der Waals surface area contributed by atoms with E-state index in [4.69, 9.17) is 49.3 Å². The standard InChI is InChI=1S/C29H37Cl2N7O4S.C12H13N3O2.C2HF3O2/c1-19-8-9-20-6-4-7-23(26(20)35-19)42-18-21-22(30)10-11-24(25(21)31)43(40,41)36-29(2,3)27(39)37-14-16-38(17-15-37)28(33)34-13-5-12-32;16-9-7-8(13-1-2-13)12(17)11(15-5-6-15)10(9)14-3-4-14;3-2(4,5)1(6)7/h4,6-11,36H,5,12-18,32H2,1-3H3,(H2,33,34);7H,1-6H2;(H,6,7). The van der Waals surface area contributed by atoms with Crippen LogP contribution in [0.15, 0.2) is 75.5 Å². The van der Waals surface area contributed by atoms with Gasteiger partial charge in [0.1, 0.15) is 39.7 Å². The van der Waals surface area contributed by atoms with Crippen LogP contribution in [0.5, 0.6) is 5.75 Å². The van der Waals surface area contributed by atoms with Crippen molar-refractivity contribution < 1.29 is 50.6 Å². The zero-order chi connectivity index (χ0) is 49.0. The lowest BCUT2D eigenvalue weighted by atomic mass is 10.0. The van der Waals surface area contributed by atoms with Gasteiger partial charge in [-0.25, -0.2) is 18.2 Å². The molecule has 2 aromatic carbocycles. The van der Waals surface area contributed by atoms with Crippen molar-refractivity contribution >= 4 is 73.5 Å². The number of aliphatic imine (C=N–C) groups is 1. The number of Topliss-reactive ketones (excluding diaryl/α,β-unsaturated/α-hetero) is 1. The van der Waals surface area contributed by atoms with E-state index < -0.39 is 27.7 Å². The number of benzene rings is 2. The molecule has 1 aromatic heterocycles. The highest BCUT2D eigenvalue weighted by Crippen LogP contribution is 2.35. The van der Waals surface area contributed by atoms with Crippen molar-refractivity contribution in [2.75, 3.05) is 78.5 Å². The molecule has 4 aliphatic heterocycles. The van der Waals surface area contributed by atoms with Crippen LogP contribution in [0.2, 0.25) is 10.0 Å². The fourth-order valence-electron chi connectivity index (χ4n) is 7.03. The largest absolute Gasteiger partial charge is 0.490 e. The van der Waals surface area contributed by atoms with Crippen molar-refractivity contribution in [1.29, 1.82) is 0 Å². The lowest BCUT2D eigenvalue weighted by Crippen LogP contribution is -2.60. The van der Waals surface area contributed by atoms with E-state index in [1.165, 1.54) is 32.1 Å². The number of pyridine rings is 1. The number of aromatic nitrogens is 1. The molecule has 18 nitrogen and oxygen atoms in total. The van der Waals surface area contributed by atoms with Crippen molar-refractivity contribution in [2.24, 2.45) is 16.5 Å². The molecule has 0 atom stereocenters. The topological polar surface area (TPSA) is 237 Å². The molecule has 1 aliphatic carbocycles. The second-order valence-electron chi connectivity index (χ2n) is 16.5. The Labute approximate surface area is 395 Å². The van der Waals surface area contributed by atoms with Crippen LogP contribution in [0.3, 0.4) is 0 Å². The summed E-state index contributed by atoms with van der Waals surface area (Å²) in [6.45, 7) is 13.0. The minimum Gasteiger partial charge on any atom is -0.487 e. The number of halogens is 5. The van der Waals surface area contributed by atoms with Gasteiger partial charge in [0.15, 0.2) is 5.96 Å². The quantitative estimate of drug-likeness (QED) is 0.0633. The molecule has 8 rings (SSSR count). The molecular weight excluding hydrogens is 945 g/mol. The molecule has 0 spiro atoms. The summed E-state index contributed by atoms with van der Waals surface area (Å²) in [6, 6.07) is 12.1. The number of nitrogens with two attached hydrogens (primary N) is 2. The van der Waals surface area contributed by atoms with Crippen LogP contribution in [0.25, 0.3) is 10.9 Å². The number of aliphatic carboxylic acids is 1. The van der Waals surface area contributed by atoms with Gasteiger partial charge in [0.2, 0.25) is 27.5 Å². The first kappa shape index (κ1) is 50.7. The number of guanidine groups is 1. The third-order valence-corrected chi connectivity index (χ3v) is 13.4. The summed E-state index contributed by atoms with van der Waals surface area (Å²) in [6.07, 6.45) is -2.82. The number of nitrogens with one attached hydrogen (secondary N) is 1. The predicted octanol–water partition coefficient (Wildman–Crippen LogP) is 3.11. The van der Waals surface area contributed by atoms with Crippen LogP contribution in [0, 0.1) is 6.92 Å². The van der Waals surface area contributed by atoms with Gasteiger partial charge in [-0.2, -0.15) is 17.9 Å². The number of fused-ring (bicyclic) bond motifs is 1. The maximum absolute atomic E-state index is 13.6. The third kappa shape index (κ3) is 12.7. The number of alkyl halides is 3. The number of aryl methyl sites for hydroxylation is 1. The van der Waals surface area contributed by atoms with Crippen LogP contribution in [0.4, 0.5) is 13.2 Å². The Balaban J connectivity index is 0.000000249. The predicted molar refractivity (Wildman–Crippen MR) is 244 cm³/mol. The number of allylic oxidation sites excluding steroid dienone is 1. The molecule has 0 unspecified atom stereocenters. The Morgan fingerprint density at radius 1 is 0.896 bits per heavy atom. The number of hydrogen-bond donors (Lipinski definition) is 4. The highest BCUT2D eigenvalue weighted by molar-refractivity contribution is 7.89. The SMILES string of the molecule is Cc1ccc2cccc(OCc3c(Cl)ccc(S(=O)(=O)NC(C)(C)C(=O)N4CCN(C(N)=NCCCN)CC4)c3Cl)c2n1.O=C(O)C(F)(F)F.O=C1C=C(N2CC2)C(=O)C(N2CC2)=C1N1CC1. The molecule has 4 saturated heterocycles. The zero-order valence-electron chi connectivity index (χ0n) is 36.9. The maximum atomic E-state index is 13.6. The average molecular weight is 996 g/mol.